The average molecular weight is 290 g/mol. The SMILES string of the molecule is CN1CCC(C(=O)N2CCOc3c(C(=O)O)cccc32)C1. The van der Waals surface area contributed by atoms with Gasteiger partial charge in [-0.2, -0.15) is 0 Å². The number of anilines is 1. The minimum Gasteiger partial charge on any atom is -0.489 e. The number of para-hydroxylation sites is 1. The van der Waals surface area contributed by atoms with Crippen LogP contribution in [0.25, 0.3) is 0 Å². The van der Waals surface area contributed by atoms with E-state index >= 15 is 0 Å². The number of carbonyl (C=O) groups is 2. The second-order valence-electron chi connectivity index (χ2n) is 5.55. The standard InChI is InChI=1S/C15H18N2O4/c1-16-6-5-10(9-16)14(18)17-7-8-21-13-11(15(19)20)3-2-4-12(13)17/h2-4,10H,5-9H2,1H3,(H,19,20). The molecular weight excluding hydrogens is 272 g/mol. The minimum absolute atomic E-state index is 0.0190. The molecule has 112 valence electrons. The number of carbonyl (C=O) groups excluding carboxylic acids is 1. The van der Waals surface area contributed by atoms with Crippen LogP contribution in [-0.2, 0) is 4.79 Å². The van der Waals surface area contributed by atoms with Crippen LogP contribution >= 0.6 is 0 Å². The molecule has 1 N–H and O–H groups in total. The van der Waals surface area contributed by atoms with Crippen LogP contribution in [0.2, 0.25) is 0 Å². The van der Waals surface area contributed by atoms with E-state index in [4.69, 9.17) is 4.74 Å². The topological polar surface area (TPSA) is 70.1 Å². The van der Waals surface area contributed by atoms with Gasteiger partial charge in [0.1, 0.15) is 12.2 Å². The number of carboxylic acids is 1. The monoisotopic (exact) mass is 290 g/mol. The Balaban J connectivity index is 1.92. The lowest BCUT2D eigenvalue weighted by molar-refractivity contribution is -0.122. The molecule has 2 aliphatic heterocycles. The molecule has 3 rings (SSSR count). The Bertz CT molecular complexity index is 587. The van der Waals surface area contributed by atoms with Gasteiger partial charge in [0.2, 0.25) is 5.91 Å². The van der Waals surface area contributed by atoms with Crippen LogP contribution in [0.15, 0.2) is 18.2 Å². The summed E-state index contributed by atoms with van der Waals surface area (Å²) in [4.78, 5) is 27.8. The molecule has 6 heteroatoms. The zero-order valence-corrected chi connectivity index (χ0v) is 11.9. The zero-order valence-electron chi connectivity index (χ0n) is 11.9. The number of aromatic carboxylic acids is 1. The summed E-state index contributed by atoms with van der Waals surface area (Å²) >= 11 is 0. The van der Waals surface area contributed by atoms with Crippen molar-refractivity contribution in [3.8, 4) is 5.75 Å². The van der Waals surface area contributed by atoms with E-state index in [0.29, 0.717) is 24.6 Å². The van der Waals surface area contributed by atoms with Gasteiger partial charge < -0.3 is 19.6 Å². The number of hydrogen-bond acceptors (Lipinski definition) is 4. The Labute approximate surface area is 122 Å². The largest absolute Gasteiger partial charge is 0.489 e. The molecule has 1 amide bonds. The van der Waals surface area contributed by atoms with Crippen LogP contribution in [0.5, 0.6) is 5.75 Å². The molecule has 0 aromatic heterocycles. The maximum Gasteiger partial charge on any atom is 0.339 e. The van der Waals surface area contributed by atoms with Crippen molar-refractivity contribution in [2.24, 2.45) is 5.92 Å². The summed E-state index contributed by atoms with van der Waals surface area (Å²) < 4.78 is 5.49. The van der Waals surface area contributed by atoms with Crippen molar-refractivity contribution in [2.75, 3.05) is 38.2 Å². The Morgan fingerprint density at radius 3 is 2.81 bits per heavy atom. The number of carboxylic acid groups (broad SMARTS) is 1. The number of benzene rings is 1. The summed E-state index contributed by atoms with van der Waals surface area (Å²) in [5, 5.41) is 9.22. The third-order valence-electron chi connectivity index (χ3n) is 4.08. The zero-order chi connectivity index (χ0) is 15.0. The maximum absolute atomic E-state index is 12.7. The first-order chi connectivity index (χ1) is 10.1. The molecule has 1 fully saturated rings. The molecule has 1 atom stereocenters. The van der Waals surface area contributed by atoms with Crippen LogP contribution in [0.1, 0.15) is 16.8 Å². The Kier molecular flexibility index (Phi) is 3.55. The van der Waals surface area contributed by atoms with Crippen molar-refractivity contribution in [1.29, 1.82) is 0 Å². The molecule has 0 spiro atoms. The third kappa shape index (κ3) is 2.47. The van der Waals surface area contributed by atoms with E-state index in [2.05, 4.69) is 4.90 Å². The van der Waals surface area contributed by atoms with Crippen molar-refractivity contribution < 1.29 is 19.4 Å². The lowest BCUT2D eigenvalue weighted by Gasteiger charge is -2.32. The van der Waals surface area contributed by atoms with Gasteiger partial charge in [-0.15, -0.1) is 0 Å². The van der Waals surface area contributed by atoms with Crippen LogP contribution in [0.4, 0.5) is 5.69 Å². The molecule has 0 radical (unpaired) electrons. The number of hydrogen-bond donors (Lipinski definition) is 1. The van der Waals surface area contributed by atoms with Gasteiger partial charge in [0.15, 0.2) is 5.75 Å². The van der Waals surface area contributed by atoms with Gasteiger partial charge in [0.05, 0.1) is 18.2 Å². The van der Waals surface area contributed by atoms with Crippen LogP contribution in [0.3, 0.4) is 0 Å². The van der Waals surface area contributed by atoms with Gasteiger partial charge in [0, 0.05) is 6.54 Å². The molecule has 1 aromatic rings. The smallest absolute Gasteiger partial charge is 0.339 e. The molecule has 0 aliphatic carbocycles. The summed E-state index contributed by atoms with van der Waals surface area (Å²) in [7, 11) is 2.00. The number of nitrogens with zero attached hydrogens (tertiary/aromatic N) is 2. The van der Waals surface area contributed by atoms with Gasteiger partial charge >= 0.3 is 5.97 Å². The summed E-state index contributed by atoms with van der Waals surface area (Å²) in [6.45, 7) is 2.47. The average Bonchev–Trinajstić information content (AvgIpc) is 2.91. The predicted molar refractivity (Wildman–Crippen MR) is 76.9 cm³/mol. The number of amides is 1. The molecular formula is C15H18N2O4. The molecule has 1 saturated heterocycles. The summed E-state index contributed by atoms with van der Waals surface area (Å²) in [5.41, 5.74) is 0.675. The van der Waals surface area contributed by atoms with Crippen molar-refractivity contribution in [2.45, 2.75) is 6.42 Å². The lowest BCUT2D eigenvalue weighted by atomic mass is 10.0. The number of ether oxygens (including phenoxy) is 1. The highest BCUT2D eigenvalue weighted by Crippen LogP contribution is 2.36. The minimum atomic E-state index is -1.04. The van der Waals surface area contributed by atoms with E-state index in [1.54, 1.807) is 17.0 Å². The highest BCUT2D eigenvalue weighted by atomic mass is 16.5. The molecule has 1 unspecified atom stereocenters. The fraction of sp³-hybridized carbons (Fsp3) is 0.467. The molecule has 2 aliphatic rings. The van der Waals surface area contributed by atoms with Crippen molar-refractivity contribution in [1.82, 2.24) is 4.90 Å². The molecule has 2 heterocycles. The van der Waals surface area contributed by atoms with Gasteiger partial charge in [-0.1, -0.05) is 6.07 Å². The number of likely N-dealkylation sites (tertiary alicyclic amines) is 1. The molecule has 21 heavy (non-hydrogen) atoms. The Morgan fingerprint density at radius 2 is 2.14 bits per heavy atom. The van der Waals surface area contributed by atoms with E-state index in [1.165, 1.54) is 6.07 Å². The second kappa shape index (κ2) is 5.37. The van der Waals surface area contributed by atoms with E-state index in [-0.39, 0.29) is 17.4 Å². The van der Waals surface area contributed by atoms with Gasteiger partial charge in [-0.05, 0) is 32.1 Å². The van der Waals surface area contributed by atoms with Crippen molar-refractivity contribution >= 4 is 17.6 Å². The highest BCUT2D eigenvalue weighted by molar-refractivity contribution is 6.01. The summed E-state index contributed by atoms with van der Waals surface area (Å²) in [6.07, 6.45) is 0.848. The van der Waals surface area contributed by atoms with Crippen LogP contribution < -0.4 is 9.64 Å². The lowest BCUT2D eigenvalue weighted by Crippen LogP contribution is -2.42. The first-order valence-electron chi connectivity index (χ1n) is 7.07. The van der Waals surface area contributed by atoms with Crippen molar-refractivity contribution in [3.63, 3.8) is 0 Å². The van der Waals surface area contributed by atoms with E-state index in [9.17, 15) is 14.7 Å². The first kappa shape index (κ1) is 13.9. The maximum atomic E-state index is 12.7. The summed E-state index contributed by atoms with van der Waals surface area (Å²) in [5.74, 6) is -0.696. The number of fused-ring (bicyclic) bond motifs is 1. The van der Waals surface area contributed by atoms with Crippen LogP contribution in [-0.4, -0.2) is 55.2 Å². The van der Waals surface area contributed by atoms with Gasteiger partial charge in [0.25, 0.3) is 0 Å². The van der Waals surface area contributed by atoms with Gasteiger partial charge in [-0.3, -0.25) is 4.79 Å². The van der Waals surface area contributed by atoms with E-state index in [0.717, 1.165) is 19.5 Å². The normalized spacial score (nSPS) is 21.8. The Morgan fingerprint density at radius 1 is 1.33 bits per heavy atom. The first-order valence-corrected chi connectivity index (χ1v) is 7.07. The molecule has 6 nitrogen and oxygen atoms in total. The van der Waals surface area contributed by atoms with Crippen molar-refractivity contribution in [3.05, 3.63) is 23.8 Å². The summed E-state index contributed by atoms with van der Waals surface area (Å²) in [6, 6.07) is 4.90. The van der Waals surface area contributed by atoms with Gasteiger partial charge in [-0.25, -0.2) is 4.79 Å². The second-order valence-corrected chi connectivity index (χ2v) is 5.55. The molecule has 0 bridgehead atoms. The quantitative estimate of drug-likeness (QED) is 0.882. The molecule has 1 aromatic carbocycles. The van der Waals surface area contributed by atoms with Crippen LogP contribution in [0, 0.1) is 5.92 Å². The number of rotatable bonds is 2. The van der Waals surface area contributed by atoms with E-state index in [1.807, 2.05) is 7.05 Å². The predicted octanol–water partition coefficient (Wildman–Crippen LogP) is 1.06. The fourth-order valence-electron chi connectivity index (χ4n) is 3.00. The van der Waals surface area contributed by atoms with E-state index < -0.39 is 5.97 Å². The molecule has 0 saturated carbocycles. The fourth-order valence-corrected chi connectivity index (χ4v) is 3.00. The highest BCUT2D eigenvalue weighted by Gasteiger charge is 2.34. The third-order valence-corrected chi connectivity index (χ3v) is 4.08. The Hall–Kier alpha value is -2.08.